The average molecular weight is 291 g/mol. The van der Waals surface area contributed by atoms with Gasteiger partial charge in [0.25, 0.3) is 0 Å². The van der Waals surface area contributed by atoms with Gasteiger partial charge in [-0.15, -0.1) is 11.3 Å². The number of furan rings is 1. The van der Waals surface area contributed by atoms with Gasteiger partial charge < -0.3 is 9.40 Å². The molecule has 0 radical (unpaired) electrons. The second-order valence-corrected chi connectivity index (χ2v) is 5.73. The molecule has 3 heteroatoms. The van der Waals surface area contributed by atoms with Crippen molar-refractivity contribution >= 4 is 11.3 Å². The summed E-state index contributed by atoms with van der Waals surface area (Å²) >= 11 is 1.73. The highest BCUT2D eigenvalue weighted by Crippen LogP contribution is 2.42. The molecule has 2 nitrogen and oxygen atoms in total. The van der Waals surface area contributed by atoms with Crippen LogP contribution in [0.3, 0.4) is 0 Å². The van der Waals surface area contributed by atoms with Crippen molar-refractivity contribution < 1.29 is 4.42 Å². The first kappa shape index (κ1) is 12.2. The van der Waals surface area contributed by atoms with E-state index in [2.05, 4.69) is 46.8 Å². The first-order chi connectivity index (χ1) is 10.4. The van der Waals surface area contributed by atoms with E-state index in [-0.39, 0.29) is 0 Å². The summed E-state index contributed by atoms with van der Waals surface area (Å²) in [5.41, 5.74) is 4.45. The average Bonchev–Trinajstić information content (AvgIpc) is 3.27. The Morgan fingerprint density at radius 2 is 1.81 bits per heavy atom. The molecular formula is C18H13NOS. The van der Waals surface area contributed by atoms with Crippen molar-refractivity contribution in [3.05, 3.63) is 72.4 Å². The molecule has 4 aromatic rings. The summed E-state index contributed by atoms with van der Waals surface area (Å²) in [6.45, 7) is 0. The molecule has 1 N–H and O–H groups in total. The van der Waals surface area contributed by atoms with E-state index in [0.29, 0.717) is 0 Å². The normalized spacial score (nSPS) is 10.9. The molecule has 0 spiro atoms. The van der Waals surface area contributed by atoms with Crippen LogP contribution < -0.4 is 0 Å². The van der Waals surface area contributed by atoms with Crippen molar-refractivity contribution in [1.29, 1.82) is 0 Å². The van der Waals surface area contributed by atoms with Gasteiger partial charge in [0.05, 0.1) is 12.0 Å². The summed E-state index contributed by atoms with van der Waals surface area (Å²) in [7, 11) is 0. The van der Waals surface area contributed by atoms with Crippen LogP contribution in [-0.4, -0.2) is 4.98 Å². The van der Waals surface area contributed by atoms with Crippen LogP contribution in [0.4, 0.5) is 0 Å². The SMILES string of the molecule is c1ccc(-c2coc(-c3ccc[nH]3)c2-c2cccs2)cc1. The minimum absolute atomic E-state index is 0.890. The Balaban J connectivity index is 1.97. The Morgan fingerprint density at radius 3 is 2.52 bits per heavy atom. The Labute approximate surface area is 126 Å². The molecule has 0 atom stereocenters. The molecule has 0 unspecified atom stereocenters. The quantitative estimate of drug-likeness (QED) is 0.517. The Bertz CT molecular complexity index is 827. The molecule has 1 aromatic carbocycles. The zero-order chi connectivity index (χ0) is 14.1. The van der Waals surface area contributed by atoms with Gasteiger partial charge in [-0.05, 0) is 29.1 Å². The second-order valence-electron chi connectivity index (χ2n) is 4.78. The van der Waals surface area contributed by atoms with Gasteiger partial charge in [-0.3, -0.25) is 0 Å². The van der Waals surface area contributed by atoms with Gasteiger partial charge in [-0.25, -0.2) is 0 Å². The van der Waals surface area contributed by atoms with Gasteiger partial charge in [0.1, 0.15) is 0 Å². The number of benzene rings is 1. The van der Waals surface area contributed by atoms with E-state index in [9.17, 15) is 0 Å². The molecule has 0 fully saturated rings. The second kappa shape index (κ2) is 5.11. The van der Waals surface area contributed by atoms with Crippen LogP contribution in [-0.2, 0) is 0 Å². The van der Waals surface area contributed by atoms with E-state index in [4.69, 9.17) is 4.42 Å². The lowest BCUT2D eigenvalue weighted by Gasteiger charge is -2.03. The van der Waals surface area contributed by atoms with Crippen molar-refractivity contribution in [2.45, 2.75) is 0 Å². The molecule has 0 amide bonds. The maximum atomic E-state index is 5.89. The molecule has 0 saturated carbocycles. The maximum absolute atomic E-state index is 5.89. The summed E-state index contributed by atoms with van der Waals surface area (Å²) in [6, 6.07) is 18.6. The van der Waals surface area contributed by atoms with E-state index in [1.165, 1.54) is 10.4 Å². The van der Waals surface area contributed by atoms with Gasteiger partial charge in [0.15, 0.2) is 5.76 Å². The number of hydrogen-bond acceptors (Lipinski definition) is 2. The standard InChI is InChI=1S/C18H13NOS/c1-2-6-13(7-3-1)14-12-20-18(15-8-4-10-19-15)17(14)16-9-5-11-21-16/h1-12,19H. The Hall–Kier alpha value is -2.52. The molecule has 0 aliphatic rings. The molecule has 4 rings (SSSR count). The van der Waals surface area contributed by atoms with Gasteiger partial charge in [0.2, 0.25) is 0 Å². The predicted molar refractivity (Wildman–Crippen MR) is 87.2 cm³/mol. The lowest BCUT2D eigenvalue weighted by Crippen LogP contribution is -1.81. The van der Waals surface area contributed by atoms with Crippen LogP contribution in [0.5, 0.6) is 0 Å². The summed E-state index contributed by atoms with van der Waals surface area (Å²) in [4.78, 5) is 4.45. The highest BCUT2D eigenvalue weighted by molar-refractivity contribution is 7.13. The van der Waals surface area contributed by atoms with Crippen molar-refractivity contribution in [1.82, 2.24) is 4.98 Å². The number of thiophene rings is 1. The molecule has 0 aliphatic heterocycles. The topological polar surface area (TPSA) is 28.9 Å². The van der Waals surface area contributed by atoms with Crippen LogP contribution in [0.2, 0.25) is 0 Å². The highest BCUT2D eigenvalue weighted by atomic mass is 32.1. The minimum Gasteiger partial charge on any atom is -0.461 e. The van der Waals surface area contributed by atoms with Crippen LogP contribution in [0.1, 0.15) is 0 Å². The third kappa shape index (κ3) is 2.12. The smallest absolute Gasteiger partial charge is 0.159 e. The molecule has 21 heavy (non-hydrogen) atoms. The molecule has 3 aromatic heterocycles. The van der Waals surface area contributed by atoms with Crippen molar-refractivity contribution in [3.63, 3.8) is 0 Å². The Morgan fingerprint density at radius 1 is 0.905 bits per heavy atom. The molecule has 3 heterocycles. The third-order valence-corrected chi connectivity index (χ3v) is 4.37. The van der Waals surface area contributed by atoms with Crippen molar-refractivity contribution in [2.75, 3.05) is 0 Å². The van der Waals surface area contributed by atoms with Gasteiger partial charge in [-0.2, -0.15) is 0 Å². The number of aromatic nitrogens is 1. The number of nitrogens with one attached hydrogen (secondary N) is 1. The summed E-state index contributed by atoms with van der Waals surface area (Å²) in [5, 5.41) is 2.09. The summed E-state index contributed by atoms with van der Waals surface area (Å²) in [6.07, 6.45) is 3.76. The molecule has 0 saturated heterocycles. The zero-order valence-corrected chi connectivity index (χ0v) is 12.1. The molecule has 0 aliphatic carbocycles. The first-order valence-electron chi connectivity index (χ1n) is 6.78. The number of H-pyrrole nitrogens is 1. The highest BCUT2D eigenvalue weighted by Gasteiger charge is 2.19. The predicted octanol–water partition coefficient (Wildman–Crippen LogP) is 5.67. The largest absolute Gasteiger partial charge is 0.461 e. The van der Waals surface area contributed by atoms with Gasteiger partial charge >= 0.3 is 0 Å². The number of hydrogen-bond donors (Lipinski definition) is 1. The van der Waals surface area contributed by atoms with E-state index < -0.39 is 0 Å². The van der Waals surface area contributed by atoms with Crippen LogP contribution in [0, 0.1) is 0 Å². The Kier molecular flexibility index (Phi) is 2.98. The van der Waals surface area contributed by atoms with Gasteiger partial charge in [0, 0.05) is 22.2 Å². The lowest BCUT2D eigenvalue weighted by molar-refractivity contribution is 0.582. The van der Waals surface area contributed by atoms with E-state index in [1.54, 1.807) is 11.3 Å². The van der Waals surface area contributed by atoms with Crippen LogP contribution >= 0.6 is 11.3 Å². The van der Waals surface area contributed by atoms with E-state index in [1.807, 2.05) is 30.7 Å². The van der Waals surface area contributed by atoms with Crippen molar-refractivity contribution in [3.8, 4) is 33.0 Å². The minimum atomic E-state index is 0.890. The third-order valence-electron chi connectivity index (χ3n) is 3.49. The van der Waals surface area contributed by atoms with Crippen molar-refractivity contribution in [2.24, 2.45) is 0 Å². The molecule has 102 valence electrons. The van der Waals surface area contributed by atoms with E-state index >= 15 is 0 Å². The fourth-order valence-electron chi connectivity index (χ4n) is 2.52. The zero-order valence-electron chi connectivity index (χ0n) is 11.2. The van der Waals surface area contributed by atoms with Gasteiger partial charge in [-0.1, -0.05) is 36.4 Å². The molecular weight excluding hydrogens is 278 g/mol. The summed E-state index contributed by atoms with van der Waals surface area (Å²) in [5.74, 6) is 0.890. The maximum Gasteiger partial charge on any atom is 0.159 e. The fourth-order valence-corrected chi connectivity index (χ4v) is 3.30. The summed E-state index contributed by atoms with van der Waals surface area (Å²) < 4.78 is 5.89. The molecule has 0 bridgehead atoms. The fraction of sp³-hybridized carbons (Fsp3) is 0. The van der Waals surface area contributed by atoms with Crippen LogP contribution in [0.15, 0.2) is 76.9 Å². The van der Waals surface area contributed by atoms with Crippen LogP contribution in [0.25, 0.3) is 33.0 Å². The number of rotatable bonds is 3. The first-order valence-corrected chi connectivity index (χ1v) is 7.66. The monoisotopic (exact) mass is 291 g/mol. The van der Waals surface area contributed by atoms with E-state index in [0.717, 1.165) is 22.6 Å². The lowest BCUT2D eigenvalue weighted by atomic mass is 10.0. The number of aromatic amines is 1.